The van der Waals surface area contributed by atoms with Crippen molar-refractivity contribution in [1.82, 2.24) is 5.32 Å². The van der Waals surface area contributed by atoms with Crippen molar-refractivity contribution in [2.24, 2.45) is 0 Å². The summed E-state index contributed by atoms with van der Waals surface area (Å²) in [6, 6.07) is 5.61. The van der Waals surface area contributed by atoms with E-state index in [0.29, 0.717) is 37.9 Å². The number of aliphatic hydroxyl groups excluding tert-OH is 1. The Labute approximate surface area is 118 Å². The van der Waals surface area contributed by atoms with Gasteiger partial charge in [-0.25, -0.2) is 4.39 Å². The van der Waals surface area contributed by atoms with Gasteiger partial charge in [-0.15, -0.1) is 0 Å². The largest absolute Gasteiger partial charge is 0.394 e. The molecular formula is C15H21FN2O2. The van der Waals surface area contributed by atoms with Crippen LogP contribution in [0.25, 0.3) is 0 Å². The van der Waals surface area contributed by atoms with Crippen LogP contribution in [0.15, 0.2) is 18.2 Å². The number of ether oxygens (including phenoxy) is 1. The van der Waals surface area contributed by atoms with Crippen molar-refractivity contribution in [1.29, 1.82) is 0 Å². The maximum atomic E-state index is 14.1. The summed E-state index contributed by atoms with van der Waals surface area (Å²) in [6.45, 7) is 2.35. The third kappa shape index (κ3) is 2.95. The molecule has 20 heavy (non-hydrogen) atoms. The number of rotatable bonds is 5. The molecule has 110 valence electrons. The Balaban J connectivity index is 1.84. The fourth-order valence-electron chi connectivity index (χ4n) is 2.65. The Morgan fingerprint density at radius 2 is 2.25 bits per heavy atom. The zero-order valence-electron chi connectivity index (χ0n) is 11.5. The standard InChI is InChI=1S/C15H21FN2O2/c16-14-2-1-3-15(13(14)8-17-11-4-5-11)18-6-7-20-10-12(18)9-19/h1-3,11-12,17,19H,4-10H2. The van der Waals surface area contributed by atoms with E-state index in [2.05, 4.69) is 10.2 Å². The van der Waals surface area contributed by atoms with E-state index in [1.165, 1.54) is 18.9 Å². The maximum Gasteiger partial charge on any atom is 0.129 e. The smallest absolute Gasteiger partial charge is 0.129 e. The zero-order chi connectivity index (χ0) is 13.9. The number of halogens is 1. The minimum Gasteiger partial charge on any atom is -0.394 e. The molecule has 1 aromatic rings. The molecule has 2 aliphatic rings. The molecule has 1 unspecified atom stereocenters. The first kappa shape index (κ1) is 13.8. The minimum absolute atomic E-state index is 0.0198. The summed E-state index contributed by atoms with van der Waals surface area (Å²) in [5, 5.41) is 12.8. The molecule has 1 saturated carbocycles. The Morgan fingerprint density at radius 1 is 1.40 bits per heavy atom. The van der Waals surface area contributed by atoms with E-state index in [4.69, 9.17) is 4.74 Å². The summed E-state index contributed by atoms with van der Waals surface area (Å²) in [5.41, 5.74) is 1.57. The molecule has 0 aromatic heterocycles. The molecule has 1 saturated heterocycles. The summed E-state index contributed by atoms with van der Waals surface area (Å²) in [7, 11) is 0. The van der Waals surface area contributed by atoms with Gasteiger partial charge in [-0.05, 0) is 25.0 Å². The summed E-state index contributed by atoms with van der Waals surface area (Å²) in [4.78, 5) is 2.07. The Kier molecular flexibility index (Phi) is 4.19. The summed E-state index contributed by atoms with van der Waals surface area (Å²) >= 11 is 0. The monoisotopic (exact) mass is 280 g/mol. The van der Waals surface area contributed by atoms with Gasteiger partial charge in [0.2, 0.25) is 0 Å². The van der Waals surface area contributed by atoms with E-state index >= 15 is 0 Å². The molecule has 5 heteroatoms. The minimum atomic E-state index is -0.182. The molecule has 2 fully saturated rings. The third-order valence-corrected chi connectivity index (χ3v) is 3.99. The van der Waals surface area contributed by atoms with Crippen molar-refractivity contribution in [3.05, 3.63) is 29.6 Å². The van der Waals surface area contributed by atoms with E-state index < -0.39 is 0 Å². The highest BCUT2D eigenvalue weighted by Gasteiger charge is 2.26. The highest BCUT2D eigenvalue weighted by atomic mass is 19.1. The van der Waals surface area contributed by atoms with Gasteiger partial charge in [0.1, 0.15) is 5.82 Å². The van der Waals surface area contributed by atoms with Crippen molar-refractivity contribution in [3.63, 3.8) is 0 Å². The van der Waals surface area contributed by atoms with E-state index in [0.717, 1.165) is 5.69 Å². The van der Waals surface area contributed by atoms with Gasteiger partial charge < -0.3 is 20.1 Å². The zero-order valence-corrected chi connectivity index (χ0v) is 11.5. The van der Waals surface area contributed by atoms with Crippen LogP contribution in [0.2, 0.25) is 0 Å². The second-order valence-corrected chi connectivity index (χ2v) is 5.50. The number of morpholine rings is 1. The number of hydrogen-bond acceptors (Lipinski definition) is 4. The lowest BCUT2D eigenvalue weighted by atomic mass is 10.1. The first-order chi connectivity index (χ1) is 9.79. The van der Waals surface area contributed by atoms with Crippen LogP contribution in [0.5, 0.6) is 0 Å². The molecule has 4 nitrogen and oxygen atoms in total. The molecule has 1 aliphatic heterocycles. The molecule has 0 spiro atoms. The number of aliphatic hydroxyl groups is 1. The Morgan fingerprint density at radius 3 is 3.00 bits per heavy atom. The lowest BCUT2D eigenvalue weighted by Crippen LogP contribution is -2.48. The molecule has 1 aromatic carbocycles. The van der Waals surface area contributed by atoms with Gasteiger partial charge in [0, 0.05) is 30.4 Å². The highest BCUT2D eigenvalue weighted by Crippen LogP contribution is 2.28. The van der Waals surface area contributed by atoms with Gasteiger partial charge in [-0.1, -0.05) is 6.07 Å². The molecule has 1 aliphatic carbocycles. The molecule has 1 atom stereocenters. The predicted molar refractivity (Wildman–Crippen MR) is 75.3 cm³/mol. The Bertz CT molecular complexity index is 465. The van der Waals surface area contributed by atoms with Crippen molar-refractivity contribution in [3.8, 4) is 0 Å². The second-order valence-electron chi connectivity index (χ2n) is 5.50. The summed E-state index contributed by atoms with van der Waals surface area (Å²) in [5.74, 6) is -0.182. The van der Waals surface area contributed by atoms with Gasteiger partial charge >= 0.3 is 0 Å². The van der Waals surface area contributed by atoms with Crippen LogP contribution in [0.3, 0.4) is 0 Å². The molecule has 0 radical (unpaired) electrons. The van der Waals surface area contributed by atoms with Crippen LogP contribution in [-0.2, 0) is 11.3 Å². The number of nitrogens with one attached hydrogen (secondary N) is 1. The average molecular weight is 280 g/mol. The van der Waals surface area contributed by atoms with E-state index in [9.17, 15) is 9.50 Å². The van der Waals surface area contributed by atoms with Crippen LogP contribution in [-0.4, -0.2) is 43.6 Å². The lowest BCUT2D eigenvalue weighted by molar-refractivity contribution is 0.0726. The fourth-order valence-corrected chi connectivity index (χ4v) is 2.65. The molecule has 0 bridgehead atoms. The average Bonchev–Trinajstić information content (AvgIpc) is 3.30. The van der Waals surface area contributed by atoms with E-state index in [1.54, 1.807) is 6.07 Å². The predicted octanol–water partition coefficient (Wildman–Crippen LogP) is 1.28. The molecule has 1 heterocycles. The first-order valence-electron chi connectivity index (χ1n) is 7.25. The Hall–Kier alpha value is -1.17. The SMILES string of the molecule is OCC1COCCN1c1cccc(F)c1CNC1CC1. The van der Waals surface area contributed by atoms with Crippen molar-refractivity contribution >= 4 is 5.69 Å². The lowest BCUT2D eigenvalue weighted by Gasteiger charge is -2.37. The number of nitrogens with zero attached hydrogens (tertiary/aromatic N) is 1. The van der Waals surface area contributed by atoms with Crippen LogP contribution in [0.4, 0.5) is 10.1 Å². The van der Waals surface area contributed by atoms with Crippen LogP contribution >= 0.6 is 0 Å². The van der Waals surface area contributed by atoms with Crippen molar-refractivity contribution in [2.45, 2.75) is 31.5 Å². The topological polar surface area (TPSA) is 44.7 Å². The van der Waals surface area contributed by atoms with Gasteiger partial charge in [0.05, 0.1) is 25.9 Å². The van der Waals surface area contributed by atoms with E-state index in [1.807, 2.05) is 6.07 Å². The fraction of sp³-hybridized carbons (Fsp3) is 0.600. The van der Waals surface area contributed by atoms with Crippen LogP contribution in [0, 0.1) is 5.82 Å². The summed E-state index contributed by atoms with van der Waals surface area (Å²) < 4.78 is 19.5. The van der Waals surface area contributed by atoms with Crippen LogP contribution < -0.4 is 10.2 Å². The number of hydrogen-bond donors (Lipinski definition) is 2. The first-order valence-corrected chi connectivity index (χ1v) is 7.25. The van der Waals surface area contributed by atoms with Crippen molar-refractivity contribution in [2.75, 3.05) is 31.3 Å². The number of anilines is 1. The van der Waals surface area contributed by atoms with Gasteiger partial charge in [-0.2, -0.15) is 0 Å². The maximum absolute atomic E-state index is 14.1. The van der Waals surface area contributed by atoms with E-state index in [-0.39, 0.29) is 18.5 Å². The molecule has 0 amide bonds. The highest BCUT2D eigenvalue weighted by molar-refractivity contribution is 5.55. The quantitative estimate of drug-likeness (QED) is 0.853. The second kappa shape index (κ2) is 6.08. The van der Waals surface area contributed by atoms with Gasteiger partial charge in [-0.3, -0.25) is 0 Å². The normalized spacial score (nSPS) is 23.1. The number of benzene rings is 1. The van der Waals surface area contributed by atoms with Crippen molar-refractivity contribution < 1.29 is 14.2 Å². The molecular weight excluding hydrogens is 259 g/mol. The summed E-state index contributed by atoms with van der Waals surface area (Å²) in [6.07, 6.45) is 2.36. The third-order valence-electron chi connectivity index (χ3n) is 3.99. The molecule has 3 rings (SSSR count). The van der Waals surface area contributed by atoms with Gasteiger partial charge in [0.25, 0.3) is 0 Å². The molecule has 2 N–H and O–H groups in total. The van der Waals surface area contributed by atoms with Crippen LogP contribution in [0.1, 0.15) is 18.4 Å². The van der Waals surface area contributed by atoms with Gasteiger partial charge in [0.15, 0.2) is 0 Å².